The molecule has 0 spiro atoms. The van der Waals surface area contributed by atoms with Crippen molar-refractivity contribution < 1.29 is 14.7 Å². The van der Waals surface area contributed by atoms with E-state index >= 15 is 0 Å². The van der Waals surface area contributed by atoms with Crippen LogP contribution in [0.3, 0.4) is 0 Å². The lowest BCUT2D eigenvalue weighted by Crippen LogP contribution is -2.24. The number of carboxylic acids is 1. The molecule has 1 aromatic carbocycles. The number of amides is 1. The molecule has 0 aliphatic carbocycles. The van der Waals surface area contributed by atoms with E-state index in [-0.39, 0.29) is 5.91 Å². The van der Waals surface area contributed by atoms with Crippen LogP contribution in [0.2, 0.25) is 0 Å². The van der Waals surface area contributed by atoms with Crippen molar-refractivity contribution in [2.45, 2.75) is 77.6 Å². The minimum atomic E-state index is -0.695. The molecule has 0 saturated heterocycles. The highest BCUT2D eigenvalue weighted by atomic mass is 32.1. The molecule has 5 heteroatoms. The smallest absolute Gasteiger partial charge is 0.303 e. The molecule has 0 saturated carbocycles. The molecule has 4 nitrogen and oxygen atoms in total. The molecule has 0 bridgehead atoms. The van der Waals surface area contributed by atoms with Crippen LogP contribution < -0.4 is 5.32 Å². The van der Waals surface area contributed by atoms with Crippen LogP contribution in [0.25, 0.3) is 10.1 Å². The van der Waals surface area contributed by atoms with E-state index in [2.05, 4.69) is 24.4 Å². The van der Waals surface area contributed by atoms with E-state index < -0.39 is 5.97 Å². The molecule has 0 aliphatic heterocycles. The topological polar surface area (TPSA) is 66.4 Å². The predicted molar refractivity (Wildman–Crippen MR) is 117 cm³/mol. The van der Waals surface area contributed by atoms with Gasteiger partial charge in [0.1, 0.15) is 0 Å². The Bertz CT molecular complexity index is 753. The molecule has 154 valence electrons. The number of carbonyl (C=O) groups excluding carboxylic acids is 1. The summed E-state index contributed by atoms with van der Waals surface area (Å²) in [6.45, 7) is 2.89. The maximum absolute atomic E-state index is 12.7. The zero-order valence-corrected chi connectivity index (χ0v) is 17.8. The SMILES string of the molecule is CCCc1c(C(=O)NCCCCCCCCCCC(=O)O)sc2ccccc12. The zero-order valence-electron chi connectivity index (χ0n) is 17.0. The number of thiophene rings is 1. The third-order valence-corrected chi connectivity index (χ3v) is 6.22. The highest BCUT2D eigenvalue weighted by Gasteiger charge is 2.17. The van der Waals surface area contributed by atoms with E-state index in [1.807, 2.05) is 12.1 Å². The second-order valence-corrected chi connectivity index (χ2v) is 8.44. The Morgan fingerprint density at radius 1 is 0.964 bits per heavy atom. The van der Waals surface area contributed by atoms with Crippen molar-refractivity contribution >= 4 is 33.3 Å². The minimum absolute atomic E-state index is 0.0723. The number of carboxylic acid groups (broad SMARTS) is 1. The molecule has 1 aromatic heterocycles. The molecule has 1 amide bonds. The van der Waals surface area contributed by atoms with Gasteiger partial charge in [0.15, 0.2) is 0 Å². The highest BCUT2D eigenvalue weighted by Crippen LogP contribution is 2.32. The van der Waals surface area contributed by atoms with E-state index in [0.717, 1.165) is 56.4 Å². The van der Waals surface area contributed by atoms with Gasteiger partial charge in [-0.3, -0.25) is 9.59 Å². The van der Waals surface area contributed by atoms with Crippen molar-refractivity contribution in [1.29, 1.82) is 0 Å². The van der Waals surface area contributed by atoms with Gasteiger partial charge >= 0.3 is 5.97 Å². The van der Waals surface area contributed by atoms with Crippen LogP contribution in [0.15, 0.2) is 24.3 Å². The van der Waals surface area contributed by atoms with E-state index in [0.29, 0.717) is 6.42 Å². The fourth-order valence-corrected chi connectivity index (χ4v) is 4.69. The maximum atomic E-state index is 12.7. The zero-order chi connectivity index (χ0) is 20.2. The Kier molecular flexibility index (Phi) is 10.0. The Labute approximate surface area is 172 Å². The summed E-state index contributed by atoms with van der Waals surface area (Å²) >= 11 is 1.61. The molecule has 2 rings (SSSR count). The first kappa shape index (κ1) is 22.4. The molecule has 0 atom stereocenters. The minimum Gasteiger partial charge on any atom is -0.481 e. The van der Waals surface area contributed by atoms with E-state index in [1.165, 1.54) is 34.9 Å². The molecule has 2 aromatic rings. The van der Waals surface area contributed by atoms with Gasteiger partial charge in [-0.15, -0.1) is 11.3 Å². The van der Waals surface area contributed by atoms with Crippen molar-refractivity contribution in [3.8, 4) is 0 Å². The normalized spacial score (nSPS) is 11.0. The Balaban J connectivity index is 1.63. The second kappa shape index (κ2) is 12.6. The van der Waals surface area contributed by atoms with E-state index in [9.17, 15) is 9.59 Å². The number of benzene rings is 1. The van der Waals surface area contributed by atoms with E-state index in [1.54, 1.807) is 11.3 Å². The van der Waals surface area contributed by atoms with Crippen LogP contribution in [-0.2, 0) is 11.2 Å². The van der Waals surface area contributed by atoms with Crippen molar-refractivity contribution in [2.75, 3.05) is 6.54 Å². The van der Waals surface area contributed by atoms with Crippen molar-refractivity contribution in [2.24, 2.45) is 0 Å². The largest absolute Gasteiger partial charge is 0.481 e. The van der Waals surface area contributed by atoms with Crippen molar-refractivity contribution in [3.05, 3.63) is 34.7 Å². The van der Waals surface area contributed by atoms with Crippen LogP contribution in [0.5, 0.6) is 0 Å². The van der Waals surface area contributed by atoms with Gasteiger partial charge in [-0.1, -0.05) is 70.1 Å². The third-order valence-electron chi connectivity index (χ3n) is 5.01. The lowest BCUT2D eigenvalue weighted by atomic mass is 10.1. The number of unbranched alkanes of at least 4 members (excludes halogenated alkanes) is 7. The van der Waals surface area contributed by atoms with Gasteiger partial charge in [-0.2, -0.15) is 0 Å². The number of rotatable bonds is 14. The first-order valence-corrected chi connectivity index (χ1v) is 11.5. The number of fused-ring (bicyclic) bond motifs is 1. The fraction of sp³-hybridized carbons (Fsp3) is 0.565. The predicted octanol–water partition coefficient (Wildman–Crippen LogP) is 6.18. The number of nitrogens with one attached hydrogen (secondary N) is 1. The number of aryl methyl sites for hydroxylation is 1. The number of aliphatic carboxylic acids is 1. The van der Waals surface area contributed by atoms with Crippen LogP contribution in [0.1, 0.15) is 86.4 Å². The summed E-state index contributed by atoms with van der Waals surface area (Å²) in [6, 6.07) is 8.29. The first-order valence-electron chi connectivity index (χ1n) is 10.6. The standard InChI is InChI=1S/C23H33NO3S/c1-2-13-19-18-14-10-11-15-20(18)28-22(19)23(27)24-17-12-8-6-4-3-5-7-9-16-21(25)26/h10-11,14-15H,2-9,12-13,16-17H2,1H3,(H,24,27)(H,25,26). The van der Waals surface area contributed by atoms with Gasteiger partial charge in [0.25, 0.3) is 5.91 Å². The summed E-state index contributed by atoms with van der Waals surface area (Å²) in [5.41, 5.74) is 1.20. The summed E-state index contributed by atoms with van der Waals surface area (Å²) in [5.74, 6) is -0.623. The average Bonchev–Trinajstić information content (AvgIpc) is 3.05. The lowest BCUT2D eigenvalue weighted by Gasteiger charge is -2.06. The van der Waals surface area contributed by atoms with Crippen molar-refractivity contribution in [3.63, 3.8) is 0 Å². The van der Waals surface area contributed by atoms with Gasteiger partial charge in [0, 0.05) is 17.7 Å². The number of hydrogen-bond acceptors (Lipinski definition) is 3. The van der Waals surface area contributed by atoms with Gasteiger partial charge < -0.3 is 10.4 Å². The number of carbonyl (C=O) groups is 2. The number of hydrogen-bond donors (Lipinski definition) is 2. The van der Waals surface area contributed by atoms with Gasteiger partial charge in [0.2, 0.25) is 0 Å². The molecular formula is C23H33NO3S. The summed E-state index contributed by atoms with van der Waals surface area (Å²) in [4.78, 5) is 24.0. The third kappa shape index (κ3) is 7.27. The molecule has 0 aliphatic rings. The van der Waals surface area contributed by atoms with E-state index in [4.69, 9.17) is 5.11 Å². The van der Waals surface area contributed by atoms with Gasteiger partial charge in [-0.05, 0) is 36.3 Å². The second-order valence-electron chi connectivity index (χ2n) is 7.38. The molecule has 0 fully saturated rings. The first-order chi connectivity index (χ1) is 13.6. The Morgan fingerprint density at radius 2 is 1.61 bits per heavy atom. The average molecular weight is 404 g/mol. The van der Waals surface area contributed by atoms with Gasteiger partial charge in [0.05, 0.1) is 4.88 Å². The summed E-state index contributed by atoms with van der Waals surface area (Å²) in [5, 5.41) is 12.9. The molecule has 0 unspecified atom stereocenters. The molecule has 2 N–H and O–H groups in total. The molecule has 28 heavy (non-hydrogen) atoms. The maximum Gasteiger partial charge on any atom is 0.303 e. The monoisotopic (exact) mass is 403 g/mol. The van der Waals surface area contributed by atoms with Gasteiger partial charge in [-0.25, -0.2) is 0 Å². The summed E-state index contributed by atoms with van der Waals surface area (Å²) in [6.07, 6.45) is 10.9. The van der Waals surface area contributed by atoms with Crippen LogP contribution in [0.4, 0.5) is 0 Å². The Morgan fingerprint density at radius 3 is 2.29 bits per heavy atom. The molecule has 1 heterocycles. The van der Waals surface area contributed by atoms with Crippen LogP contribution in [0, 0.1) is 0 Å². The van der Waals surface area contributed by atoms with Crippen LogP contribution >= 0.6 is 11.3 Å². The fourth-order valence-electron chi connectivity index (χ4n) is 3.52. The Hall–Kier alpha value is -1.88. The summed E-state index contributed by atoms with van der Waals surface area (Å²) in [7, 11) is 0. The molecule has 0 radical (unpaired) electrons. The quantitative estimate of drug-likeness (QED) is 0.370. The lowest BCUT2D eigenvalue weighted by molar-refractivity contribution is -0.137. The van der Waals surface area contributed by atoms with Crippen LogP contribution in [-0.4, -0.2) is 23.5 Å². The highest BCUT2D eigenvalue weighted by molar-refractivity contribution is 7.21. The van der Waals surface area contributed by atoms with Crippen molar-refractivity contribution in [1.82, 2.24) is 5.32 Å². The summed E-state index contributed by atoms with van der Waals surface area (Å²) < 4.78 is 1.19. The molecular weight excluding hydrogens is 370 g/mol.